The lowest BCUT2D eigenvalue weighted by Gasteiger charge is -2.21. The quantitative estimate of drug-likeness (QED) is 0.532. The van der Waals surface area contributed by atoms with E-state index in [2.05, 4.69) is 4.74 Å². The highest BCUT2D eigenvalue weighted by atomic mass is 19.1. The van der Waals surface area contributed by atoms with Gasteiger partial charge >= 0.3 is 17.9 Å². The molecule has 0 N–H and O–H groups in total. The zero-order valence-electron chi connectivity index (χ0n) is 10.8. The Bertz CT molecular complexity index is 370. The van der Waals surface area contributed by atoms with Crippen molar-refractivity contribution >= 4 is 17.9 Å². The lowest BCUT2D eigenvalue weighted by atomic mass is 10.1. The number of rotatable bonds is 4. The minimum atomic E-state index is -1.95. The van der Waals surface area contributed by atoms with Crippen LogP contribution in [0.3, 0.4) is 0 Å². The van der Waals surface area contributed by atoms with E-state index in [1.807, 2.05) is 0 Å². The van der Waals surface area contributed by atoms with Gasteiger partial charge < -0.3 is 18.9 Å². The minimum absolute atomic E-state index is 0.300. The van der Waals surface area contributed by atoms with Crippen molar-refractivity contribution in [1.29, 1.82) is 0 Å². The Balaban J connectivity index is 2.76. The number of carbonyl (C=O) groups excluding carboxylic acids is 3. The maximum atomic E-state index is 13.6. The molecule has 0 bridgehead atoms. The van der Waals surface area contributed by atoms with Crippen molar-refractivity contribution in [3.63, 3.8) is 0 Å². The van der Waals surface area contributed by atoms with Crippen LogP contribution in [-0.2, 0) is 33.3 Å². The lowest BCUT2D eigenvalue weighted by molar-refractivity contribution is -0.167. The van der Waals surface area contributed by atoms with Gasteiger partial charge in [0.15, 0.2) is 12.2 Å². The van der Waals surface area contributed by atoms with E-state index in [4.69, 9.17) is 14.2 Å². The van der Waals surface area contributed by atoms with Crippen LogP contribution < -0.4 is 0 Å². The predicted molar refractivity (Wildman–Crippen MR) is 57.5 cm³/mol. The van der Waals surface area contributed by atoms with Gasteiger partial charge in [-0.15, -0.1) is 0 Å². The number of halogens is 1. The monoisotopic (exact) mass is 278 g/mol. The van der Waals surface area contributed by atoms with Crippen LogP contribution in [0.25, 0.3) is 0 Å². The van der Waals surface area contributed by atoms with Crippen molar-refractivity contribution in [2.24, 2.45) is 0 Å². The van der Waals surface area contributed by atoms with Crippen LogP contribution in [-0.4, -0.2) is 49.2 Å². The van der Waals surface area contributed by atoms with E-state index in [1.165, 1.54) is 6.92 Å². The van der Waals surface area contributed by atoms with Gasteiger partial charge in [0, 0.05) is 20.8 Å². The molecule has 0 unspecified atom stereocenters. The molecule has 1 aliphatic rings. The molecule has 0 saturated carbocycles. The first-order valence-corrected chi connectivity index (χ1v) is 5.58. The maximum absolute atomic E-state index is 13.6. The molecule has 108 valence electrons. The predicted octanol–water partition coefficient (Wildman–Crippen LogP) is 0.107. The Morgan fingerprint density at radius 3 is 2.00 bits per heavy atom. The summed E-state index contributed by atoms with van der Waals surface area (Å²) in [5.74, 6) is -2.01. The smallest absolute Gasteiger partial charge is 0.303 e. The van der Waals surface area contributed by atoms with E-state index in [0.29, 0.717) is 0 Å². The third-order valence-electron chi connectivity index (χ3n) is 2.31. The van der Waals surface area contributed by atoms with E-state index < -0.39 is 42.6 Å². The summed E-state index contributed by atoms with van der Waals surface area (Å²) in [5.41, 5.74) is 0. The van der Waals surface area contributed by atoms with Crippen molar-refractivity contribution in [3.8, 4) is 0 Å². The van der Waals surface area contributed by atoms with Crippen molar-refractivity contribution in [2.75, 3.05) is 6.61 Å². The van der Waals surface area contributed by atoms with Crippen molar-refractivity contribution in [1.82, 2.24) is 0 Å². The third-order valence-corrected chi connectivity index (χ3v) is 2.31. The number of esters is 3. The third kappa shape index (κ3) is 4.47. The fraction of sp³-hybridized carbons (Fsp3) is 0.727. The standard InChI is InChI=1S/C11H15FO7/c1-5(13)16-4-8-9(17-6(2)14)10(11(12)19-8)18-7(3)15/h8-11H,4H2,1-3H3/t8-,9-,10+,11-/m0/s1. The van der Waals surface area contributed by atoms with Crippen LogP contribution in [0.4, 0.5) is 4.39 Å². The molecule has 0 spiro atoms. The molecule has 4 atom stereocenters. The second kappa shape index (κ2) is 6.46. The number of hydrogen-bond donors (Lipinski definition) is 0. The summed E-state index contributed by atoms with van der Waals surface area (Å²) in [5, 5.41) is 0. The molecular weight excluding hydrogens is 263 g/mol. The van der Waals surface area contributed by atoms with Crippen LogP contribution in [0.1, 0.15) is 20.8 Å². The minimum Gasteiger partial charge on any atom is -0.463 e. The van der Waals surface area contributed by atoms with Crippen LogP contribution in [0.15, 0.2) is 0 Å². The van der Waals surface area contributed by atoms with E-state index in [1.54, 1.807) is 0 Å². The average molecular weight is 278 g/mol. The van der Waals surface area contributed by atoms with Crippen LogP contribution >= 0.6 is 0 Å². The van der Waals surface area contributed by atoms with E-state index in [9.17, 15) is 18.8 Å². The second-order valence-electron chi connectivity index (χ2n) is 3.98. The van der Waals surface area contributed by atoms with E-state index >= 15 is 0 Å². The second-order valence-corrected chi connectivity index (χ2v) is 3.98. The highest BCUT2D eigenvalue weighted by Crippen LogP contribution is 2.28. The van der Waals surface area contributed by atoms with Gasteiger partial charge in [-0.1, -0.05) is 0 Å². The molecule has 0 aromatic carbocycles. The molecule has 1 aliphatic heterocycles. The zero-order chi connectivity index (χ0) is 14.6. The van der Waals surface area contributed by atoms with Gasteiger partial charge in [0.2, 0.25) is 6.36 Å². The summed E-state index contributed by atoms with van der Waals surface area (Å²) in [6, 6.07) is 0. The molecule has 1 fully saturated rings. The fourth-order valence-electron chi connectivity index (χ4n) is 1.66. The number of hydrogen-bond acceptors (Lipinski definition) is 7. The molecule has 0 aromatic heterocycles. The molecule has 1 saturated heterocycles. The number of alkyl halides is 1. The Labute approximate surface area is 108 Å². The van der Waals surface area contributed by atoms with Gasteiger partial charge in [0.1, 0.15) is 12.7 Å². The van der Waals surface area contributed by atoms with Crippen molar-refractivity contribution < 1.29 is 37.7 Å². The summed E-state index contributed by atoms with van der Waals surface area (Å²) in [6.45, 7) is 3.09. The van der Waals surface area contributed by atoms with E-state index in [-0.39, 0.29) is 6.61 Å². The first-order chi connectivity index (χ1) is 8.81. The van der Waals surface area contributed by atoms with Crippen molar-refractivity contribution in [2.45, 2.75) is 45.4 Å². The molecule has 19 heavy (non-hydrogen) atoms. The normalized spacial score (nSPS) is 29.7. The first kappa shape index (κ1) is 15.4. The van der Waals surface area contributed by atoms with E-state index in [0.717, 1.165) is 13.8 Å². The van der Waals surface area contributed by atoms with Gasteiger partial charge in [0.05, 0.1) is 0 Å². The summed E-state index contributed by atoms with van der Waals surface area (Å²) in [6.07, 6.45) is -5.50. The summed E-state index contributed by atoms with van der Waals surface area (Å²) in [4.78, 5) is 32.6. The largest absolute Gasteiger partial charge is 0.463 e. The van der Waals surface area contributed by atoms with Gasteiger partial charge in [-0.2, -0.15) is 0 Å². The molecule has 1 heterocycles. The topological polar surface area (TPSA) is 88.1 Å². The number of carbonyl (C=O) groups is 3. The molecule has 0 aromatic rings. The lowest BCUT2D eigenvalue weighted by Crippen LogP contribution is -2.40. The van der Waals surface area contributed by atoms with Crippen LogP contribution in [0.5, 0.6) is 0 Å². The molecule has 8 heteroatoms. The molecular formula is C11H15FO7. The van der Waals surface area contributed by atoms with Gasteiger partial charge in [-0.3, -0.25) is 14.4 Å². The van der Waals surface area contributed by atoms with Crippen molar-refractivity contribution in [3.05, 3.63) is 0 Å². The Hall–Kier alpha value is -1.70. The highest BCUT2D eigenvalue weighted by Gasteiger charge is 2.50. The fourth-order valence-corrected chi connectivity index (χ4v) is 1.66. The molecule has 0 aliphatic carbocycles. The first-order valence-electron chi connectivity index (χ1n) is 5.58. The molecule has 0 amide bonds. The highest BCUT2D eigenvalue weighted by molar-refractivity contribution is 5.67. The van der Waals surface area contributed by atoms with Gasteiger partial charge in [-0.25, -0.2) is 4.39 Å². The van der Waals surface area contributed by atoms with Crippen LogP contribution in [0.2, 0.25) is 0 Å². The Morgan fingerprint density at radius 2 is 1.53 bits per heavy atom. The Morgan fingerprint density at radius 1 is 1.00 bits per heavy atom. The van der Waals surface area contributed by atoms with Gasteiger partial charge in [0.25, 0.3) is 0 Å². The average Bonchev–Trinajstić information content (AvgIpc) is 2.53. The van der Waals surface area contributed by atoms with Crippen LogP contribution in [0, 0.1) is 0 Å². The van der Waals surface area contributed by atoms with Gasteiger partial charge in [-0.05, 0) is 0 Å². The SMILES string of the molecule is CC(=O)OC[C@@H]1O[C@H](F)[C@H](OC(C)=O)[C@H]1OC(C)=O. The summed E-state index contributed by atoms with van der Waals surface area (Å²) < 4.78 is 32.7. The zero-order valence-corrected chi connectivity index (χ0v) is 10.8. The maximum Gasteiger partial charge on any atom is 0.303 e. The molecule has 0 radical (unpaired) electrons. The number of ether oxygens (including phenoxy) is 4. The molecule has 7 nitrogen and oxygen atoms in total. The summed E-state index contributed by atoms with van der Waals surface area (Å²) >= 11 is 0. The molecule has 1 rings (SSSR count). The Kier molecular flexibility index (Phi) is 5.22. The summed E-state index contributed by atoms with van der Waals surface area (Å²) in [7, 11) is 0.